The lowest BCUT2D eigenvalue weighted by atomic mass is 9.94. The van der Waals surface area contributed by atoms with Crippen molar-refractivity contribution in [2.24, 2.45) is 0 Å². The number of hydrogen-bond donors (Lipinski definition) is 1. The van der Waals surface area contributed by atoms with Crippen LogP contribution < -0.4 is 0 Å². The van der Waals surface area contributed by atoms with Crippen LogP contribution in [0.2, 0.25) is 0 Å². The second-order valence-electron chi connectivity index (χ2n) is 4.42. The average molecular weight is 324 g/mol. The van der Waals surface area contributed by atoms with Crippen LogP contribution in [0.1, 0.15) is 11.1 Å². The summed E-state index contributed by atoms with van der Waals surface area (Å²) in [5.74, 6) is -1.96. The maximum atomic E-state index is 13.0. The van der Waals surface area contributed by atoms with E-state index in [1.807, 2.05) is 0 Å². The standard InChI is InChI=1S/C14H7F7O/c15-7-1-3-9(11(5-7)13(16,17)18)10-4-2-8(22)6-12(10)14(19,20)21/h1-6,22H. The van der Waals surface area contributed by atoms with Crippen molar-refractivity contribution in [3.63, 3.8) is 0 Å². The Balaban J connectivity index is 2.78. The van der Waals surface area contributed by atoms with Gasteiger partial charge in [-0.05, 0) is 35.4 Å². The molecule has 1 nitrogen and oxygen atoms in total. The van der Waals surface area contributed by atoms with Gasteiger partial charge in [-0.2, -0.15) is 26.3 Å². The van der Waals surface area contributed by atoms with Crippen LogP contribution in [0.3, 0.4) is 0 Å². The van der Waals surface area contributed by atoms with E-state index in [2.05, 4.69) is 0 Å². The number of phenolic OH excluding ortho intramolecular Hbond substituents is 1. The van der Waals surface area contributed by atoms with E-state index in [-0.39, 0.29) is 6.07 Å². The van der Waals surface area contributed by atoms with Gasteiger partial charge in [0.1, 0.15) is 11.6 Å². The molecule has 0 heterocycles. The molecule has 2 aromatic carbocycles. The van der Waals surface area contributed by atoms with Gasteiger partial charge in [-0.1, -0.05) is 12.1 Å². The fraction of sp³-hybridized carbons (Fsp3) is 0.143. The number of rotatable bonds is 1. The summed E-state index contributed by atoms with van der Waals surface area (Å²) in [5.41, 5.74) is -4.58. The van der Waals surface area contributed by atoms with Crippen molar-refractivity contribution in [2.45, 2.75) is 12.4 Å². The molecular formula is C14H7F7O. The number of phenols is 1. The molecule has 0 spiro atoms. The largest absolute Gasteiger partial charge is 0.508 e. The SMILES string of the molecule is Oc1ccc(-c2ccc(F)cc2C(F)(F)F)c(C(F)(F)F)c1. The third-order valence-electron chi connectivity index (χ3n) is 2.89. The predicted octanol–water partition coefficient (Wildman–Crippen LogP) is 5.24. The van der Waals surface area contributed by atoms with E-state index in [1.54, 1.807) is 0 Å². The summed E-state index contributed by atoms with van der Waals surface area (Å²) >= 11 is 0. The highest BCUT2D eigenvalue weighted by atomic mass is 19.4. The maximum Gasteiger partial charge on any atom is 0.417 e. The Morgan fingerprint density at radius 2 is 1.14 bits per heavy atom. The highest BCUT2D eigenvalue weighted by Gasteiger charge is 2.38. The molecule has 0 fully saturated rings. The van der Waals surface area contributed by atoms with Crippen molar-refractivity contribution in [3.8, 4) is 16.9 Å². The average Bonchev–Trinajstić information content (AvgIpc) is 2.37. The van der Waals surface area contributed by atoms with Crippen molar-refractivity contribution in [3.05, 3.63) is 53.3 Å². The Kier molecular flexibility index (Phi) is 3.80. The molecule has 2 aromatic rings. The molecule has 2 rings (SSSR count). The van der Waals surface area contributed by atoms with Crippen LogP contribution in [0.4, 0.5) is 30.7 Å². The third-order valence-corrected chi connectivity index (χ3v) is 2.89. The van der Waals surface area contributed by atoms with Gasteiger partial charge in [0, 0.05) is 0 Å². The summed E-state index contributed by atoms with van der Waals surface area (Å²) in [7, 11) is 0. The van der Waals surface area contributed by atoms with E-state index in [0.717, 1.165) is 6.07 Å². The van der Waals surface area contributed by atoms with Gasteiger partial charge >= 0.3 is 12.4 Å². The summed E-state index contributed by atoms with van der Waals surface area (Å²) in [6.45, 7) is 0. The third kappa shape index (κ3) is 3.15. The number of benzene rings is 2. The first-order valence-electron chi connectivity index (χ1n) is 5.77. The second kappa shape index (κ2) is 5.19. The van der Waals surface area contributed by atoms with Crippen molar-refractivity contribution in [2.75, 3.05) is 0 Å². The van der Waals surface area contributed by atoms with E-state index in [4.69, 9.17) is 5.11 Å². The fourth-order valence-corrected chi connectivity index (χ4v) is 1.99. The topological polar surface area (TPSA) is 20.2 Å². The predicted molar refractivity (Wildman–Crippen MR) is 63.5 cm³/mol. The maximum absolute atomic E-state index is 13.0. The van der Waals surface area contributed by atoms with Crippen LogP contribution in [0, 0.1) is 5.82 Å². The van der Waals surface area contributed by atoms with E-state index >= 15 is 0 Å². The van der Waals surface area contributed by atoms with Crippen LogP contribution in [0.15, 0.2) is 36.4 Å². The molecule has 8 heteroatoms. The van der Waals surface area contributed by atoms with Crippen LogP contribution in [-0.4, -0.2) is 5.11 Å². The molecule has 0 atom stereocenters. The molecule has 0 saturated carbocycles. The highest BCUT2D eigenvalue weighted by molar-refractivity contribution is 5.72. The Morgan fingerprint density at radius 1 is 0.682 bits per heavy atom. The molecule has 0 unspecified atom stereocenters. The number of aromatic hydroxyl groups is 1. The van der Waals surface area contributed by atoms with Gasteiger partial charge < -0.3 is 5.11 Å². The van der Waals surface area contributed by atoms with E-state index in [0.29, 0.717) is 24.3 Å². The summed E-state index contributed by atoms with van der Waals surface area (Å²) in [4.78, 5) is 0. The Bertz CT molecular complexity index is 640. The van der Waals surface area contributed by atoms with Crippen molar-refractivity contribution in [1.29, 1.82) is 0 Å². The van der Waals surface area contributed by atoms with Crippen LogP contribution in [0.5, 0.6) is 5.75 Å². The molecule has 0 aliphatic rings. The van der Waals surface area contributed by atoms with E-state index in [1.165, 1.54) is 0 Å². The van der Waals surface area contributed by atoms with Gasteiger partial charge in [-0.15, -0.1) is 0 Å². The molecule has 118 valence electrons. The summed E-state index contributed by atoms with van der Waals surface area (Å²) in [6, 6.07) is 3.24. The molecular weight excluding hydrogens is 317 g/mol. The first kappa shape index (κ1) is 16.1. The lowest BCUT2D eigenvalue weighted by Crippen LogP contribution is -2.11. The molecule has 0 aliphatic carbocycles. The summed E-state index contributed by atoms with van der Waals surface area (Å²) in [5, 5.41) is 9.14. The first-order chi connectivity index (χ1) is 10.00. The van der Waals surface area contributed by atoms with E-state index in [9.17, 15) is 30.7 Å². The second-order valence-corrected chi connectivity index (χ2v) is 4.42. The lowest BCUT2D eigenvalue weighted by Gasteiger charge is -2.17. The van der Waals surface area contributed by atoms with E-state index < -0.39 is 46.2 Å². The van der Waals surface area contributed by atoms with Gasteiger partial charge in [0.05, 0.1) is 11.1 Å². The Morgan fingerprint density at radius 3 is 1.64 bits per heavy atom. The lowest BCUT2D eigenvalue weighted by molar-refractivity contribution is -0.139. The van der Waals surface area contributed by atoms with Gasteiger partial charge in [0.25, 0.3) is 0 Å². The minimum atomic E-state index is -5.03. The zero-order chi connectivity index (χ0) is 16.7. The molecule has 0 aliphatic heterocycles. The fourth-order valence-electron chi connectivity index (χ4n) is 1.99. The normalized spacial score (nSPS) is 12.5. The molecule has 0 saturated heterocycles. The number of alkyl halides is 6. The minimum Gasteiger partial charge on any atom is -0.508 e. The summed E-state index contributed by atoms with van der Waals surface area (Å²) < 4.78 is 90.7. The number of hydrogen-bond acceptors (Lipinski definition) is 1. The zero-order valence-corrected chi connectivity index (χ0v) is 10.6. The Labute approximate surface area is 119 Å². The molecule has 0 amide bonds. The highest BCUT2D eigenvalue weighted by Crippen LogP contribution is 2.43. The van der Waals surface area contributed by atoms with Gasteiger partial charge in [0.2, 0.25) is 0 Å². The molecule has 0 radical (unpaired) electrons. The molecule has 1 N–H and O–H groups in total. The van der Waals surface area contributed by atoms with Crippen LogP contribution in [0.25, 0.3) is 11.1 Å². The van der Waals surface area contributed by atoms with Gasteiger partial charge in [-0.3, -0.25) is 0 Å². The van der Waals surface area contributed by atoms with Crippen molar-refractivity contribution >= 4 is 0 Å². The van der Waals surface area contributed by atoms with Gasteiger partial charge in [-0.25, -0.2) is 4.39 Å². The molecule has 0 bridgehead atoms. The Hall–Kier alpha value is -2.25. The molecule has 22 heavy (non-hydrogen) atoms. The van der Waals surface area contributed by atoms with Crippen LogP contribution >= 0.6 is 0 Å². The zero-order valence-electron chi connectivity index (χ0n) is 10.6. The number of halogens is 7. The van der Waals surface area contributed by atoms with Crippen LogP contribution in [-0.2, 0) is 12.4 Å². The quantitative estimate of drug-likeness (QED) is 0.712. The summed E-state index contributed by atoms with van der Waals surface area (Å²) in [6.07, 6.45) is -10.0. The van der Waals surface area contributed by atoms with Crippen molar-refractivity contribution < 1.29 is 35.8 Å². The first-order valence-corrected chi connectivity index (χ1v) is 5.77. The van der Waals surface area contributed by atoms with Crippen molar-refractivity contribution in [1.82, 2.24) is 0 Å². The van der Waals surface area contributed by atoms with Gasteiger partial charge in [0.15, 0.2) is 0 Å². The smallest absolute Gasteiger partial charge is 0.417 e. The minimum absolute atomic E-state index is 0.127. The monoisotopic (exact) mass is 324 g/mol. The molecule has 0 aromatic heterocycles.